The molecule has 3 nitrogen and oxygen atoms in total. The van der Waals surface area contributed by atoms with Crippen LogP contribution >= 0.6 is 23.6 Å². The zero-order valence-corrected chi connectivity index (χ0v) is 13.2. The minimum atomic E-state index is -0.0644. The van der Waals surface area contributed by atoms with Crippen molar-refractivity contribution in [2.45, 2.75) is 13.5 Å². The van der Waals surface area contributed by atoms with Gasteiger partial charge in [0.05, 0.1) is 5.39 Å². The van der Waals surface area contributed by atoms with E-state index in [0.29, 0.717) is 16.7 Å². The summed E-state index contributed by atoms with van der Waals surface area (Å²) in [6.45, 7) is 6.13. The second-order valence-corrected chi connectivity index (χ2v) is 6.12. The Morgan fingerprint density at radius 2 is 2.10 bits per heavy atom. The maximum Gasteiger partial charge on any atom is 0.263 e. The van der Waals surface area contributed by atoms with Crippen molar-refractivity contribution in [1.82, 2.24) is 9.55 Å². The van der Waals surface area contributed by atoms with E-state index in [2.05, 4.69) is 11.6 Å². The van der Waals surface area contributed by atoms with Crippen molar-refractivity contribution in [3.8, 4) is 11.1 Å². The lowest BCUT2D eigenvalue weighted by Crippen LogP contribution is -2.21. The lowest BCUT2D eigenvalue weighted by atomic mass is 10.1. The van der Waals surface area contributed by atoms with Crippen molar-refractivity contribution in [2.24, 2.45) is 0 Å². The molecule has 0 aliphatic heterocycles. The van der Waals surface area contributed by atoms with Crippen LogP contribution in [0.1, 0.15) is 5.56 Å². The third-order valence-corrected chi connectivity index (χ3v) is 4.61. The number of allylic oxidation sites excluding steroid dienone is 1. The van der Waals surface area contributed by atoms with Crippen molar-refractivity contribution in [3.63, 3.8) is 0 Å². The van der Waals surface area contributed by atoms with Gasteiger partial charge in [-0.2, -0.15) is 0 Å². The number of nitrogens with one attached hydrogen (secondary N) is 1. The summed E-state index contributed by atoms with van der Waals surface area (Å²) in [5.41, 5.74) is 3.12. The predicted molar refractivity (Wildman–Crippen MR) is 91.6 cm³/mol. The van der Waals surface area contributed by atoms with Crippen molar-refractivity contribution in [1.29, 1.82) is 0 Å². The van der Waals surface area contributed by atoms with Crippen molar-refractivity contribution < 1.29 is 0 Å². The zero-order chi connectivity index (χ0) is 15.0. The molecule has 0 fully saturated rings. The number of aromatic nitrogens is 2. The van der Waals surface area contributed by atoms with Crippen molar-refractivity contribution in [3.05, 3.63) is 63.0 Å². The van der Waals surface area contributed by atoms with Gasteiger partial charge < -0.3 is 4.98 Å². The molecule has 21 heavy (non-hydrogen) atoms. The Morgan fingerprint density at radius 1 is 1.38 bits per heavy atom. The molecule has 106 valence electrons. The van der Waals surface area contributed by atoms with Gasteiger partial charge in [0.2, 0.25) is 0 Å². The average Bonchev–Trinajstić information content (AvgIpc) is 2.88. The number of rotatable bonds is 3. The van der Waals surface area contributed by atoms with Crippen LogP contribution in [0.2, 0.25) is 0 Å². The molecular weight excluding hydrogens is 300 g/mol. The van der Waals surface area contributed by atoms with E-state index < -0.39 is 0 Å². The molecule has 0 saturated heterocycles. The molecule has 2 heterocycles. The summed E-state index contributed by atoms with van der Waals surface area (Å²) < 4.78 is 1.97. The number of hydrogen-bond donors (Lipinski definition) is 1. The first-order valence-corrected chi connectivity index (χ1v) is 7.83. The van der Waals surface area contributed by atoms with Gasteiger partial charge in [-0.05, 0) is 24.7 Å². The minimum Gasteiger partial charge on any atom is -0.323 e. The summed E-state index contributed by atoms with van der Waals surface area (Å²) in [7, 11) is 0. The molecular formula is C16H14N2OS2. The normalized spacial score (nSPS) is 10.9. The standard InChI is InChI=1S/C16H14N2OS2/c1-3-8-18-15(19)13-12(9-21-14(13)17-16(18)20)11-6-4-10(2)5-7-11/h3-7,9H,1,8H2,2H3,(H,17,20). The first kappa shape index (κ1) is 14.0. The molecule has 0 aliphatic rings. The van der Waals surface area contributed by atoms with Crippen molar-refractivity contribution in [2.75, 3.05) is 0 Å². The number of hydrogen-bond acceptors (Lipinski definition) is 3. The molecule has 0 aliphatic carbocycles. The third-order valence-electron chi connectivity index (χ3n) is 3.39. The van der Waals surface area contributed by atoms with Gasteiger partial charge in [-0.3, -0.25) is 9.36 Å². The number of benzene rings is 1. The highest BCUT2D eigenvalue weighted by molar-refractivity contribution is 7.71. The highest BCUT2D eigenvalue weighted by Gasteiger charge is 2.13. The fourth-order valence-electron chi connectivity index (χ4n) is 2.29. The monoisotopic (exact) mass is 314 g/mol. The largest absolute Gasteiger partial charge is 0.323 e. The maximum absolute atomic E-state index is 12.7. The van der Waals surface area contributed by atoms with Gasteiger partial charge in [-0.15, -0.1) is 17.9 Å². The molecule has 1 aromatic carbocycles. The molecule has 0 unspecified atom stereocenters. The van der Waals surface area contributed by atoms with Crippen LogP contribution in [-0.4, -0.2) is 9.55 Å². The Balaban J connectivity index is 2.33. The Morgan fingerprint density at radius 3 is 2.76 bits per heavy atom. The molecule has 0 saturated carbocycles. The first-order valence-electron chi connectivity index (χ1n) is 6.54. The van der Waals surface area contributed by atoms with E-state index in [-0.39, 0.29) is 5.56 Å². The number of thiophene rings is 1. The van der Waals surface area contributed by atoms with E-state index in [9.17, 15) is 4.79 Å². The Labute approximate surface area is 131 Å². The lowest BCUT2D eigenvalue weighted by Gasteiger charge is -2.05. The molecule has 1 N–H and O–H groups in total. The van der Waals surface area contributed by atoms with Crippen LogP contribution in [0.4, 0.5) is 0 Å². The predicted octanol–water partition coefficient (Wildman–Crippen LogP) is 4.28. The Kier molecular flexibility index (Phi) is 3.61. The topological polar surface area (TPSA) is 37.8 Å². The highest BCUT2D eigenvalue weighted by Crippen LogP contribution is 2.30. The van der Waals surface area contributed by atoms with Gasteiger partial charge in [0.25, 0.3) is 5.56 Å². The van der Waals surface area contributed by atoms with Gasteiger partial charge in [0.1, 0.15) is 4.83 Å². The first-order chi connectivity index (χ1) is 10.1. The quantitative estimate of drug-likeness (QED) is 0.579. The maximum atomic E-state index is 12.7. The number of aryl methyl sites for hydroxylation is 1. The Hall–Kier alpha value is -1.98. The number of aromatic amines is 1. The molecule has 5 heteroatoms. The van der Waals surface area contributed by atoms with E-state index in [0.717, 1.165) is 16.0 Å². The van der Waals surface area contributed by atoms with E-state index in [4.69, 9.17) is 12.2 Å². The van der Waals surface area contributed by atoms with Gasteiger partial charge in [-0.1, -0.05) is 35.9 Å². The van der Waals surface area contributed by atoms with Crippen LogP contribution in [0.3, 0.4) is 0 Å². The fraction of sp³-hybridized carbons (Fsp3) is 0.125. The SMILES string of the molecule is C=CCn1c(=S)[nH]c2scc(-c3ccc(C)cc3)c2c1=O. The van der Waals surface area contributed by atoms with Gasteiger partial charge in [0, 0.05) is 17.5 Å². The molecule has 0 amide bonds. The summed E-state index contributed by atoms with van der Waals surface area (Å²) in [4.78, 5) is 16.7. The molecule has 3 aromatic rings. The molecule has 0 radical (unpaired) electrons. The van der Waals surface area contributed by atoms with Crippen LogP contribution in [0.5, 0.6) is 0 Å². The van der Waals surface area contributed by atoms with Crippen LogP contribution in [0.15, 0.2) is 47.1 Å². The van der Waals surface area contributed by atoms with E-state index in [1.54, 1.807) is 6.08 Å². The summed E-state index contributed by atoms with van der Waals surface area (Å²) >= 11 is 6.75. The van der Waals surface area contributed by atoms with Crippen LogP contribution in [-0.2, 0) is 6.54 Å². The molecule has 0 spiro atoms. The van der Waals surface area contributed by atoms with Gasteiger partial charge in [-0.25, -0.2) is 0 Å². The number of H-pyrrole nitrogens is 1. The molecule has 0 bridgehead atoms. The fourth-order valence-corrected chi connectivity index (χ4v) is 3.58. The van der Waals surface area contributed by atoms with Crippen LogP contribution < -0.4 is 5.56 Å². The summed E-state index contributed by atoms with van der Waals surface area (Å²) in [5, 5.41) is 2.69. The Bertz CT molecular complexity index is 930. The van der Waals surface area contributed by atoms with Crippen LogP contribution in [0.25, 0.3) is 21.3 Å². The lowest BCUT2D eigenvalue weighted by molar-refractivity contribution is 0.754. The van der Waals surface area contributed by atoms with E-state index in [1.165, 1.54) is 21.5 Å². The van der Waals surface area contributed by atoms with E-state index >= 15 is 0 Å². The zero-order valence-electron chi connectivity index (χ0n) is 11.6. The highest BCUT2D eigenvalue weighted by atomic mass is 32.1. The van der Waals surface area contributed by atoms with Crippen molar-refractivity contribution >= 4 is 33.8 Å². The molecule has 3 rings (SSSR count). The second-order valence-electron chi connectivity index (χ2n) is 4.85. The van der Waals surface area contributed by atoms with Crippen LogP contribution in [0, 0.1) is 11.7 Å². The smallest absolute Gasteiger partial charge is 0.263 e. The molecule has 2 aromatic heterocycles. The second kappa shape index (κ2) is 5.42. The van der Waals surface area contributed by atoms with Gasteiger partial charge >= 0.3 is 0 Å². The molecule has 0 atom stereocenters. The number of fused-ring (bicyclic) bond motifs is 1. The summed E-state index contributed by atoms with van der Waals surface area (Å²) in [6.07, 6.45) is 1.68. The summed E-state index contributed by atoms with van der Waals surface area (Å²) in [6, 6.07) is 8.17. The number of nitrogens with zero attached hydrogens (tertiary/aromatic N) is 1. The summed E-state index contributed by atoms with van der Waals surface area (Å²) in [5.74, 6) is 0. The van der Waals surface area contributed by atoms with Gasteiger partial charge in [0.15, 0.2) is 4.77 Å². The average molecular weight is 314 g/mol. The third kappa shape index (κ3) is 2.39. The van der Waals surface area contributed by atoms with E-state index in [1.807, 2.05) is 36.6 Å². The minimum absolute atomic E-state index is 0.0644.